The summed E-state index contributed by atoms with van der Waals surface area (Å²) in [6.07, 6.45) is 1.00. The Bertz CT molecular complexity index is 598. The van der Waals surface area contributed by atoms with Crippen LogP contribution in [0.1, 0.15) is 33.6 Å². The molecular formula is C18H27ClFN3O2. The first kappa shape index (κ1) is 19.8. The lowest BCUT2D eigenvalue weighted by atomic mass is 9.86. The molecule has 0 radical (unpaired) electrons. The zero-order valence-electron chi connectivity index (χ0n) is 15.0. The first-order valence-electron chi connectivity index (χ1n) is 8.55. The van der Waals surface area contributed by atoms with Crippen LogP contribution in [0, 0.1) is 11.2 Å². The Labute approximate surface area is 153 Å². The third kappa shape index (κ3) is 5.75. The maximum atomic E-state index is 14.1. The second-order valence-electron chi connectivity index (χ2n) is 7.57. The molecule has 1 aromatic carbocycles. The number of nitrogens with two attached hydrogens (primary N) is 1. The Balaban J connectivity index is 1.92. The predicted octanol–water partition coefficient (Wildman–Crippen LogP) is 3.55. The highest BCUT2D eigenvalue weighted by atomic mass is 35.5. The van der Waals surface area contributed by atoms with E-state index in [1.807, 2.05) is 4.90 Å². The number of hydrogen-bond acceptors (Lipinski definition) is 4. The van der Waals surface area contributed by atoms with Crippen LogP contribution in [0.2, 0.25) is 5.02 Å². The normalized spacial score (nSPS) is 17.4. The highest BCUT2D eigenvalue weighted by molar-refractivity contribution is 6.30. The summed E-state index contributed by atoms with van der Waals surface area (Å²) in [4.78, 5) is 12.9. The van der Waals surface area contributed by atoms with Crippen molar-refractivity contribution in [2.24, 2.45) is 11.1 Å². The summed E-state index contributed by atoms with van der Waals surface area (Å²) in [5, 5.41) is 3.98. The molecule has 1 aliphatic heterocycles. The lowest BCUT2D eigenvalue weighted by molar-refractivity contribution is 0.106. The second kappa shape index (κ2) is 8.23. The number of carbonyl (C=O) groups is 1. The van der Waals surface area contributed by atoms with Crippen LogP contribution in [0.15, 0.2) is 18.2 Å². The molecule has 1 atom stereocenters. The fourth-order valence-electron chi connectivity index (χ4n) is 3.02. The third-order valence-electron chi connectivity index (χ3n) is 4.62. The van der Waals surface area contributed by atoms with Crippen LogP contribution in [0.4, 0.5) is 14.9 Å². The molecule has 7 heteroatoms. The fourth-order valence-corrected chi connectivity index (χ4v) is 3.18. The zero-order valence-corrected chi connectivity index (χ0v) is 15.8. The van der Waals surface area contributed by atoms with Crippen molar-refractivity contribution >= 4 is 23.4 Å². The number of anilines is 1. The van der Waals surface area contributed by atoms with Crippen molar-refractivity contribution in [3.63, 3.8) is 0 Å². The van der Waals surface area contributed by atoms with Gasteiger partial charge in [-0.05, 0) is 36.5 Å². The van der Waals surface area contributed by atoms with Gasteiger partial charge in [-0.1, -0.05) is 32.4 Å². The van der Waals surface area contributed by atoms with Crippen LogP contribution in [0.25, 0.3) is 0 Å². The minimum atomic E-state index is -0.760. The first-order chi connectivity index (χ1) is 11.7. The quantitative estimate of drug-likeness (QED) is 0.830. The summed E-state index contributed by atoms with van der Waals surface area (Å²) in [6.45, 7) is 8.02. The topological polar surface area (TPSA) is 67.6 Å². The summed E-state index contributed by atoms with van der Waals surface area (Å²) in [6, 6.07) is 5.07. The van der Waals surface area contributed by atoms with Crippen LogP contribution in [-0.2, 0) is 4.74 Å². The molecule has 2 rings (SSSR count). The van der Waals surface area contributed by atoms with E-state index in [0.717, 1.165) is 25.9 Å². The molecule has 1 aromatic rings. The van der Waals surface area contributed by atoms with Gasteiger partial charge in [-0.3, -0.25) is 0 Å². The average Bonchev–Trinajstić information content (AvgIpc) is 2.51. The summed E-state index contributed by atoms with van der Waals surface area (Å²) >= 11 is 5.82. The number of halogens is 2. The van der Waals surface area contributed by atoms with E-state index >= 15 is 0 Å². The molecule has 1 saturated heterocycles. The fraction of sp³-hybridized carbons (Fsp3) is 0.611. The predicted molar refractivity (Wildman–Crippen MR) is 98.6 cm³/mol. The number of primary amides is 1. The van der Waals surface area contributed by atoms with Crippen LogP contribution >= 0.6 is 11.6 Å². The Hall–Kier alpha value is -1.53. The van der Waals surface area contributed by atoms with E-state index in [0.29, 0.717) is 10.7 Å². The minimum Gasteiger partial charge on any atom is -0.448 e. The van der Waals surface area contributed by atoms with E-state index < -0.39 is 6.09 Å². The molecule has 0 bridgehead atoms. The second-order valence-corrected chi connectivity index (χ2v) is 8.01. The van der Waals surface area contributed by atoms with Crippen molar-refractivity contribution in [1.82, 2.24) is 5.32 Å². The number of hydrogen-bond donors (Lipinski definition) is 2. The number of nitrogens with zero attached hydrogens (tertiary/aromatic N) is 1. The maximum absolute atomic E-state index is 14.1. The molecule has 140 valence electrons. The molecule has 1 aliphatic rings. The van der Waals surface area contributed by atoms with Gasteiger partial charge >= 0.3 is 6.09 Å². The van der Waals surface area contributed by atoms with Gasteiger partial charge in [-0.15, -0.1) is 0 Å². The Kier molecular flexibility index (Phi) is 6.52. The molecule has 25 heavy (non-hydrogen) atoms. The highest BCUT2D eigenvalue weighted by Crippen LogP contribution is 2.27. The van der Waals surface area contributed by atoms with Gasteiger partial charge in [-0.2, -0.15) is 0 Å². The van der Waals surface area contributed by atoms with Gasteiger partial charge in [-0.25, -0.2) is 9.18 Å². The highest BCUT2D eigenvalue weighted by Gasteiger charge is 2.30. The third-order valence-corrected chi connectivity index (χ3v) is 4.86. The number of carbonyl (C=O) groups excluding carboxylic acids is 1. The summed E-state index contributed by atoms with van der Waals surface area (Å²) in [5.74, 6) is -0.290. The molecule has 0 aliphatic carbocycles. The monoisotopic (exact) mass is 371 g/mol. The van der Waals surface area contributed by atoms with Gasteiger partial charge < -0.3 is 20.7 Å². The molecule has 1 heterocycles. The standard InChI is InChI=1S/C18H27ClFN3O2/c1-18(2,3)16(11-25-17(21)24)22-13-6-8-23(9-7-13)15-5-4-12(19)10-14(15)20/h4-5,10,13,16,22H,6-9,11H2,1-3H3,(H2,21,24). The first-order valence-corrected chi connectivity index (χ1v) is 8.93. The van der Waals surface area contributed by atoms with Crippen molar-refractivity contribution in [3.8, 4) is 0 Å². The van der Waals surface area contributed by atoms with Crippen LogP contribution in [0.5, 0.6) is 0 Å². The largest absolute Gasteiger partial charge is 0.448 e. The average molecular weight is 372 g/mol. The van der Waals surface area contributed by atoms with Gasteiger partial charge in [0.05, 0.1) is 5.69 Å². The summed E-state index contributed by atoms with van der Waals surface area (Å²) < 4.78 is 19.1. The van der Waals surface area contributed by atoms with Crippen molar-refractivity contribution < 1.29 is 13.9 Å². The Morgan fingerprint density at radius 3 is 2.60 bits per heavy atom. The van der Waals surface area contributed by atoms with Gasteiger partial charge in [0.1, 0.15) is 12.4 Å². The number of nitrogens with one attached hydrogen (secondary N) is 1. The lowest BCUT2D eigenvalue weighted by Crippen LogP contribution is -2.52. The molecule has 1 unspecified atom stereocenters. The Morgan fingerprint density at radius 1 is 1.44 bits per heavy atom. The lowest BCUT2D eigenvalue weighted by Gasteiger charge is -2.39. The number of rotatable bonds is 5. The molecular weight excluding hydrogens is 345 g/mol. The van der Waals surface area contributed by atoms with Crippen molar-refractivity contribution in [1.29, 1.82) is 0 Å². The van der Waals surface area contributed by atoms with E-state index in [9.17, 15) is 9.18 Å². The summed E-state index contributed by atoms with van der Waals surface area (Å²) in [7, 11) is 0. The molecule has 0 aromatic heterocycles. The van der Waals surface area contributed by atoms with E-state index in [2.05, 4.69) is 26.1 Å². The van der Waals surface area contributed by atoms with Crippen molar-refractivity contribution in [2.75, 3.05) is 24.6 Å². The number of amides is 1. The van der Waals surface area contributed by atoms with E-state index in [1.54, 1.807) is 12.1 Å². The molecule has 3 N–H and O–H groups in total. The summed E-state index contributed by atoms with van der Waals surface area (Å²) in [5.41, 5.74) is 5.60. The van der Waals surface area contributed by atoms with Crippen molar-refractivity contribution in [3.05, 3.63) is 29.0 Å². The number of ether oxygens (including phenoxy) is 1. The van der Waals surface area contributed by atoms with E-state index in [-0.39, 0.29) is 29.9 Å². The van der Waals surface area contributed by atoms with E-state index in [1.165, 1.54) is 6.07 Å². The van der Waals surface area contributed by atoms with Gasteiger partial charge in [0.15, 0.2) is 0 Å². The van der Waals surface area contributed by atoms with Crippen LogP contribution in [-0.4, -0.2) is 37.9 Å². The van der Waals surface area contributed by atoms with Gasteiger partial charge in [0, 0.05) is 30.2 Å². The zero-order chi connectivity index (χ0) is 18.6. The van der Waals surface area contributed by atoms with Gasteiger partial charge in [0.25, 0.3) is 0 Å². The van der Waals surface area contributed by atoms with Gasteiger partial charge in [0.2, 0.25) is 0 Å². The number of piperidine rings is 1. The van der Waals surface area contributed by atoms with Crippen molar-refractivity contribution in [2.45, 2.75) is 45.7 Å². The molecule has 0 saturated carbocycles. The van der Waals surface area contributed by atoms with E-state index in [4.69, 9.17) is 22.1 Å². The van der Waals surface area contributed by atoms with Crippen LogP contribution in [0.3, 0.4) is 0 Å². The smallest absolute Gasteiger partial charge is 0.404 e. The molecule has 1 amide bonds. The van der Waals surface area contributed by atoms with Crippen LogP contribution < -0.4 is 16.0 Å². The molecule has 5 nitrogen and oxygen atoms in total. The Morgan fingerprint density at radius 2 is 2.08 bits per heavy atom. The molecule has 1 fully saturated rings. The minimum absolute atomic E-state index is 0.00354. The maximum Gasteiger partial charge on any atom is 0.404 e. The SMILES string of the molecule is CC(C)(C)C(COC(N)=O)NC1CCN(c2ccc(Cl)cc2F)CC1. The number of benzene rings is 1. The molecule has 0 spiro atoms.